The van der Waals surface area contributed by atoms with Gasteiger partial charge in [-0.15, -0.1) is 0 Å². The quantitative estimate of drug-likeness (QED) is 0.365. The van der Waals surface area contributed by atoms with Crippen molar-refractivity contribution < 1.29 is 23.4 Å². The lowest BCUT2D eigenvalue weighted by Gasteiger charge is -2.12. The summed E-state index contributed by atoms with van der Waals surface area (Å²) < 4.78 is 25.8. The lowest BCUT2D eigenvalue weighted by Crippen LogP contribution is -2.22. The van der Waals surface area contributed by atoms with Gasteiger partial charge in [-0.05, 0) is 85.5 Å². The van der Waals surface area contributed by atoms with Crippen molar-refractivity contribution in [2.75, 3.05) is 13.1 Å². The summed E-state index contributed by atoms with van der Waals surface area (Å²) in [6, 6.07) is 17.9. The highest BCUT2D eigenvalue weighted by Crippen LogP contribution is 2.24. The molecule has 0 heterocycles. The van der Waals surface area contributed by atoms with Crippen molar-refractivity contribution in [2.24, 2.45) is 0 Å². The summed E-state index contributed by atoms with van der Waals surface area (Å²) in [6.07, 6.45) is 0.943. The SMILES string of the molecule is Cc1cc(S(=O)(=O)c2ccc(CCCNCC(O)c3cccc(Cl)c3)cc2)ccc1C(=O)O. The zero-order valence-electron chi connectivity index (χ0n) is 18.2. The lowest BCUT2D eigenvalue weighted by atomic mass is 10.1. The van der Waals surface area contributed by atoms with E-state index in [0.717, 1.165) is 24.0 Å². The maximum Gasteiger partial charge on any atom is 0.335 e. The molecule has 3 rings (SSSR count). The van der Waals surface area contributed by atoms with Crippen molar-refractivity contribution in [1.82, 2.24) is 5.32 Å². The second kappa shape index (κ2) is 10.9. The van der Waals surface area contributed by atoms with Crippen LogP contribution in [0.5, 0.6) is 0 Å². The summed E-state index contributed by atoms with van der Waals surface area (Å²) in [6.45, 7) is 2.69. The molecule has 3 aromatic rings. The van der Waals surface area contributed by atoms with Gasteiger partial charge in [-0.2, -0.15) is 0 Å². The van der Waals surface area contributed by atoms with Crippen LogP contribution >= 0.6 is 11.6 Å². The Labute approximate surface area is 198 Å². The van der Waals surface area contributed by atoms with Gasteiger partial charge in [0.2, 0.25) is 9.84 Å². The van der Waals surface area contributed by atoms with E-state index in [1.165, 1.54) is 18.2 Å². The maximum absolute atomic E-state index is 12.9. The number of benzene rings is 3. The smallest absolute Gasteiger partial charge is 0.335 e. The van der Waals surface area contributed by atoms with Crippen molar-refractivity contribution >= 4 is 27.4 Å². The molecular formula is C25H26ClNO5S. The minimum atomic E-state index is -3.73. The van der Waals surface area contributed by atoms with Crippen LogP contribution in [0.3, 0.4) is 0 Å². The Kier molecular flexibility index (Phi) is 8.26. The third kappa shape index (κ3) is 6.42. The number of nitrogens with one attached hydrogen (secondary N) is 1. The van der Waals surface area contributed by atoms with Gasteiger partial charge in [0.1, 0.15) is 0 Å². The number of carbonyl (C=O) groups is 1. The van der Waals surface area contributed by atoms with Crippen LogP contribution in [0.2, 0.25) is 5.02 Å². The van der Waals surface area contributed by atoms with Crippen LogP contribution in [-0.2, 0) is 16.3 Å². The van der Waals surface area contributed by atoms with E-state index in [1.54, 1.807) is 49.4 Å². The first kappa shape index (κ1) is 24.9. The topological polar surface area (TPSA) is 104 Å². The number of hydrogen-bond donors (Lipinski definition) is 3. The van der Waals surface area contributed by atoms with Gasteiger partial charge in [-0.25, -0.2) is 13.2 Å². The van der Waals surface area contributed by atoms with Crippen LogP contribution < -0.4 is 5.32 Å². The molecule has 33 heavy (non-hydrogen) atoms. The van der Waals surface area contributed by atoms with E-state index >= 15 is 0 Å². The van der Waals surface area contributed by atoms with Crippen molar-refractivity contribution in [2.45, 2.75) is 35.7 Å². The van der Waals surface area contributed by atoms with E-state index in [2.05, 4.69) is 5.32 Å². The van der Waals surface area contributed by atoms with Gasteiger partial charge in [-0.1, -0.05) is 35.9 Å². The van der Waals surface area contributed by atoms with Gasteiger partial charge < -0.3 is 15.5 Å². The van der Waals surface area contributed by atoms with Crippen LogP contribution in [0.4, 0.5) is 0 Å². The standard InChI is InChI=1S/C25H26ClNO5S/c1-17-14-22(11-12-23(17)25(29)30)33(31,32)21-9-7-18(8-10-21)4-3-13-27-16-24(28)19-5-2-6-20(26)15-19/h2,5-12,14-15,24,27-28H,3-4,13,16H2,1H3,(H,29,30). The molecule has 3 aromatic carbocycles. The minimum absolute atomic E-state index is 0.0696. The Morgan fingerprint density at radius 2 is 1.73 bits per heavy atom. The third-order valence-corrected chi connectivity index (χ3v) is 7.36. The van der Waals surface area contributed by atoms with Gasteiger partial charge in [0.25, 0.3) is 0 Å². The molecule has 0 aromatic heterocycles. The normalized spacial score (nSPS) is 12.5. The predicted molar refractivity (Wildman–Crippen MR) is 128 cm³/mol. The van der Waals surface area contributed by atoms with Gasteiger partial charge in [-0.3, -0.25) is 0 Å². The highest BCUT2D eigenvalue weighted by Gasteiger charge is 2.19. The highest BCUT2D eigenvalue weighted by atomic mass is 35.5. The fraction of sp³-hybridized carbons (Fsp3) is 0.240. The van der Waals surface area contributed by atoms with E-state index < -0.39 is 21.9 Å². The average molecular weight is 488 g/mol. The molecule has 0 bridgehead atoms. The van der Waals surface area contributed by atoms with Gasteiger partial charge >= 0.3 is 5.97 Å². The monoisotopic (exact) mass is 487 g/mol. The summed E-state index contributed by atoms with van der Waals surface area (Å²) in [5, 5.41) is 23.1. The zero-order valence-corrected chi connectivity index (χ0v) is 19.7. The molecule has 0 spiro atoms. The number of carboxylic acid groups (broad SMARTS) is 1. The molecule has 0 radical (unpaired) electrons. The molecule has 0 aliphatic heterocycles. The number of sulfone groups is 1. The van der Waals surface area contributed by atoms with Gasteiger partial charge in [0, 0.05) is 11.6 Å². The summed E-state index contributed by atoms with van der Waals surface area (Å²) >= 11 is 5.95. The molecule has 174 valence electrons. The Hall–Kier alpha value is -2.71. The Morgan fingerprint density at radius 1 is 1.03 bits per heavy atom. The number of halogens is 1. The highest BCUT2D eigenvalue weighted by molar-refractivity contribution is 7.91. The summed E-state index contributed by atoms with van der Waals surface area (Å²) in [7, 11) is -3.73. The van der Waals surface area contributed by atoms with Crippen LogP contribution in [-0.4, -0.2) is 37.7 Å². The molecule has 0 aliphatic rings. The predicted octanol–water partition coefficient (Wildman–Crippen LogP) is 4.44. The molecule has 1 unspecified atom stereocenters. The summed E-state index contributed by atoms with van der Waals surface area (Å²) in [4.78, 5) is 11.4. The van der Waals surface area contributed by atoms with Crippen molar-refractivity contribution in [3.63, 3.8) is 0 Å². The summed E-state index contributed by atoms with van der Waals surface area (Å²) in [5.41, 5.74) is 2.24. The summed E-state index contributed by atoms with van der Waals surface area (Å²) in [5.74, 6) is -1.09. The van der Waals surface area contributed by atoms with E-state index in [1.807, 2.05) is 6.07 Å². The Morgan fingerprint density at radius 3 is 2.36 bits per heavy atom. The van der Waals surface area contributed by atoms with Crippen LogP contribution in [0.25, 0.3) is 0 Å². The van der Waals surface area contributed by atoms with E-state index in [-0.39, 0.29) is 15.4 Å². The number of aryl methyl sites for hydroxylation is 2. The van der Waals surface area contributed by atoms with Crippen LogP contribution in [0.1, 0.15) is 39.6 Å². The van der Waals surface area contributed by atoms with E-state index in [0.29, 0.717) is 23.7 Å². The molecule has 0 aliphatic carbocycles. The van der Waals surface area contributed by atoms with E-state index in [4.69, 9.17) is 16.7 Å². The zero-order chi connectivity index (χ0) is 24.0. The third-order valence-electron chi connectivity index (χ3n) is 5.36. The van der Waals surface area contributed by atoms with Gasteiger partial charge in [0.05, 0.1) is 21.5 Å². The second-order valence-electron chi connectivity index (χ2n) is 7.81. The molecule has 1 atom stereocenters. The van der Waals surface area contributed by atoms with Crippen LogP contribution in [0, 0.1) is 6.92 Å². The largest absolute Gasteiger partial charge is 0.478 e. The molecule has 6 nitrogen and oxygen atoms in total. The first-order valence-corrected chi connectivity index (χ1v) is 12.4. The minimum Gasteiger partial charge on any atom is -0.478 e. The fourth-order valence-corrected chi connectivity index (χ4v) is 5.05. The van der Waals surface area contributed by atoms with Gasteiger partial charge in [0.15, 0.2) is 0 Å². The van der Waals surface area contributed by atoms with Crippen molar-refractivity contribution in [3.8, 4) is 0 Å². The Bertz CT molecular complexity index is 1230. The average Bonchev–Trinajstić information content (AvgIpc) is 2.78. The van der Waals surface area contributed by atoms with E-state index in [9.17, 15) is 18.3 Å². The molecule has 0 saturated carbocycles. The molecule has 8 heteroatoms. The molecule has 0 saturated heterocycles. The fourth-order valence-electron chi connectivity index (χ4n) is 3.50. The number of aliphatic hydroxyl groups is 1. The van der Waals surface area contributed by atoms with Crippen molar-refractivity contribution in [1.29, 1.82) is 0 Å². The Balaban J connectivity index is 1.52. The number of aromatic carboxylic acids is 1. The first-order valence-electron chi connectivity index (χ1n) is 10.5. The second-order valence-corrected chi connectivity index (χ2v) is 10.2. The number of rotatable bonds is 10. The lowest BCUT2D eigenvalue weighted by molar-refractivity contribution is 0.0696. The van der Waals surface area contributed by atoms with Crippen LogP contribution in [0.15, 0.2) is 76.5 Å². The number of carboxylic acids is 1. The molecule has 0 amide bonds. The molecular weight excluding hydrogens is 462 g/mol. The number of hydrogen-bond acceptors (Lipinski definition) is 5. The first-order chi connectivity index (χ1) is 15.7. The van der Waals surface area contributed by atoms with Crippen molar-refractivity contribution in [3.05, 3.63) is 94.0 Å². The number of aliphatic hydroxyl groups excluding tert-OH is 1. The molecule has 0 fully saturated rings. The maximum atomic E-state index is 12.9. The molecule has 3 N–H and O–H groups in total.